The summed E-state index contributed by atoms with van der Waals surface area (Å²) in [6, 6.07) is -0.0658. The van der Waals surface area contributed by atoms with Crippen molar-refractivity contribution in [1.29, 1.82) is 0 Å². The van der Waals surface area contributed by atoms with Crippen molar-refractivity contribution in [2.75, 3.05) is 0 Å². The molecule has 0 saturated heterocycles. The Bertz CT molecular complexity index is 488. The van der Waals surface area contributed by atoms with Crippen LogP contribution in [0.1, 0.15) is 62.6 Å². The molecule has 1 aromatic heterocycles. The van der Waals surface area contributed by atoms with Gasteiger partial charge in [0.25, 0.3) is 5.56 Å². The molecule has 2 N–H and O–H groups in total. The molecule has 0 bridgehead atoms. The van der Waals surface area contributed by atoms with E-state index in [4.69, 9.17) is 0 Å². The smallest absolute Gasteiger partial charge is 0.281 e. The Kier molecular flexibility index (Phi) is 3.36. The highest BCUT2D eigenvalue weighted by Gasteiger charge is 2.31. The van der Waals surface area contributed by atoms with Gasteiger partial charge in [0.05, 0.1) is 17.8 Å². The lowest BCUT2D eigenvalue weighted by Gasteiger charge is -2.15. The molecule has 0 amide bonds. The number of nitrogens with zero attached hydrogens (tertiary/aromatic N) is 1. The summed E-state index contributed by atoms with van der Waals surface area (Å²) in [6.07, 6.45) is 7.10. The molecule has 2 unspecified atom stereocenters. The standard InChI is InChI=1S/C13H19BrN2O2/c14-11-12(8-4-1-2-5-8)15-16(13(11)18)9-6-3-7-10(9)17/h8-10,15,17H,1-7H2. The molecule has 4 nitrogen and oxygen atoms in total. The molecule has 2 saturated carbocycles. The molecule has 2 aliphatic rings. The first-order chi connectivity index (χ1) is 8.68. The number of hydrogen-bond donors (Lipinski definition) is 2. The van der Waals surface area contributed by atoms with Crippen LogP contribution in [0.2, 0.25) is 0 Å². The average Bonchev–Trinajstić information content (AvgIpc) is 3.04. The van der Waals surface area contributed by atoms with E-state index in [2.05, 4.69) is 21.0 Å². The van der Waals surface area contributed by atoms with Crippen molar-refractivity contribution < 1.29 is 5.11 Å². The molecule has 2 fully saturated rings. The Labute approximate surface area is 114 Å². The first-order valence-electron chi connectivity index (χ1n) is 6.86. The second-order valence-corrected chi connectivity index (χ2v) is 6.35. The zero-order valence-corrected chi connectivity index (χ0v) is 11.9. The van der Waals surface area contributed by atoms with Gasteiger partial charge < -0.3 is 5.11 Å². The molecule has 0 radical (unpaired) electrons. The quantitative estimate of drug-likeness (QED) is 0.881. The third-order valence-corrected chi connectivity index (χ3v) is 5.19. The summed E-state index contributed by atoms with van der Waals surface area (Å²) >= 11 is 3.43. The number of nitrogens with one attached hydrogen (secondary N) is 1. The fourth-order valence-electron chi connectivity index (χ4n) is 3.39. The van der Waals surface area contributed by atoms with Crippen molar-refractivity contribution >= 4 is 15.9 Å². The lowest BCUT2D eigenvalue weighted by molar-refractivity contribution is 0.128. The summed E-state index contributed by atoms with van der Waals surface area (Å²) in [5, 5.41) is 13.2. The second kappa shape index (κ2) is 4.85. The third kappa shape index (κ3) is 1.97. The first kappa shape index (κ1) is 12.5. The number of aromatic nitrogens is 2. The van der Waals surface area contributed by atoms with Crippen molar-refractivity contribution in [1.82, 2.24) is 9.78 Å². The number of rotatable bonds is 2. The van der Waals surface area contributed by atoms with Crippen LogP contribution in [-0.2, 0) is 0 Å². The number of aliphatic hydroxyl groups is 1. The van der Waals surface area contributed by atoms with Gasteiger partial charge in [0.1, 0.15) is 4.47 Å². The van der Waals surface area contributed by atoms with E-state index < -0.39 is 0 Å². The van der Waals surface area contributed by atoms with Crippen molar-refractivity contribution in [2.45, 2.75) is 63.0 Å². The van der Waals surface area contributed by atoms with Gasteiger partial charge in [-0.2, -0.15) is 0 Å². The zero-order valence-electron chi connectivity index (χ0n) is 10.4. The molecule has 1 aromatic rings. The Morgan fingerprint density at radius 1 is 1.17 bits per heavy atom. The zero-order chi connectivity index (χ0) is 12.7. The lowest BCUT2D eigenvalue weighted by atomic mass is 10.1. The summed E-state index contributed by atoms with van der Waals surface area (Å²) < 4.78 is 2.32. The van der Waals surface area contributed by atoms with Crippen molar-refractivity contribution in [2.24, 2.45) is 0 Å². The minimum Gasteiger partial charge on any atom is -0.391 e. The molecule has 3 rings (SSSR count). The van der Waals surface area contributed by atoms with Crippen molar-refractivity contribution in [3.05, 3.63) is 20.5 Å². The predicted molar refractivity (Wildman–Crippen MR) is 72.9 cm³/mol. The average molecular weight is 315 g/mol. The molecular formula is C13H19BrN2O2. The third-order valence-electron chi connectivity index (χ3n) is 4.42. The van der Waals surface area contributed by atoms with E-state index in [1.807, 2.05) is 0 Å². The maximum atomic E-state index is 12.3. The number of H-pyrrole nitrogens is 1. The highest BCUT2D eigenvalue weighted by Crippen LogP contribution is 2.37. The molecule has 0 aliphatic heterocycles. The summed E-state index contributed by atoms with van der Waals surface area (Å²) in [7, 11) is 0. The van der Waals surface area contributed by atoms with Gasteiger partial charge in [-0.1, -0.05) is 12.8 Å². The summed E-state index contributed by atoms with van der Waals surface area (Å²) in [6.45, 7) is 0. The molecule has 100 valence electrons. The van der Waals surface area contributed by atoms with Crippen LogP contribution in [0.15, 0.2) is 9.27 Å². The van der Waals surface area contributed by atoms with E-state index in [9.17, 15) is 9.90 Å². The first-order valence-corrected chi connectivity index (χ1v) is 7.65. The van der Waals surface area contributed by atoms with Gasteiger partial charge in [-0.05, 0) is 48.0 Å². The van der Waals surface area contributed by atoms with Gasteiger partial charge in [-0.15, -0.1) is 0 Å². The summed E-state index contributed by atoms with van der Waals surface area (Å²) in [5.74, 6) is 0.479. The molecule has 18 heavy (non-hydrogen) atoms. The highest BCUT2D eigenvalue weighted by molar-refractivity contribution is 9.10. The largest absolute Gasteiger partial charge is 0.391 e. The monoisotopic (exact) mass is 314 g/mol. The Morgan fingerprint density at radius 2 is 1.89 bits per heavy atom. The van der Waals surface area contributed by atoms with Crippen molar-refractivity contribution in [3.63, 3.8) is 0 Å². The summed E-state index contributed by atoms with van der Waals surface area (Å²) in [4.78, 5) is 12.3. The molecule has 1 heterocycles. The van der Waals surface area contributed by atoms with Crippen LogP contribution in [0, 0.1) is 0 Å². The van der Waals surface area contributed by atoms with Gasteiger partial charge >= 0.3 is 0 Å². The number of aromatic amines is 1. The fraction of sp³-hybridized carbons (Fsp3) is 0.769. The van der Waals surface area contributed by atoms with Gasteiger partial charge in [0.2, 0.25) is 0 Å². The maximum absolute atomic E-state index is 12.3. The van der Waals surface area contributed by atoms with Gasteiger partial charge in [-0.3, -0.25) is 9.89 Å². The minimum atomic E-state index is -0.385. The van der Waals surface area contributed by atoms with E-state index in [-0.39, 0.29) is 17.7 Å². The lowest BCUT2D eigenvalue weighted by Crippen LogP contribution is -2.27. The summed E-state index contributed by atoms with van der Waals surface area (Å²) in [5.41, 5.74) is 1.03. The predicted octanol–water partition coefficient (Wildman–Crippen LogP) is 2.68. The molecule has 0 aromatic carbocycles. The fourth-order valence-corrected chi connectivity index (χ4v) is 3.99. The van der Waals surface area contributed by atoms with Gasteiger partial charge in [0, 0.05) is 5.92 Å². The van der Waals surface area contributed by atoms with Crippen LogP contribution in [-0.4, -0.2) is 21.0 Å². The van der Waals surface area contributed by atoms with Crippen LogP contribution >= 0.6 is 15.9 Å². The molecular weight excluding hydrogens is 296 g/mol. The van der Waals surface area contributed by atoms with E-state index in [0.29, 0.717) is 10.4 Å². The normalized spacial score (nSPS) is 29.2. The number of aliphatic hydroxyl groups excluding tert-OH is 1. The van der Waals surface area contributed by atoms with E-state index in [0.717, 1.165) is 37.8 Å². The Hall–Kier alpha value is -0.550. The van der Waals surface area contributed by atoms with Crippen LogP contribution in [0.4, 0.5) is 0 Å². The van der Waals surface area contributed by atoms with Crippen LogP contribution < -0.4 is 5.56 Å². The Balaban J connectivity index is 1.96. The van der Waals surface area contributed by atoms with Crippen LogP contribution in [0.25, 0.3) is 0 Å². The van der Waals surface area contributed by atoms with E-state index in [1.54, 1.807) is 4.68 Å². The van der Waals surface area contributed by atoms with E-state index >= 15 is 0 Å². The number of halogens is 1. The van der Waals surface area contributed by atoms with Gasteiger partial charge in [-0.25, -0.2) is 4.68 Å². The van der Waals surface area contributed by atoms with Gasteiger partial charge in [0.15, 0.2) is 0 Å². The minimum absolute atomic E-state index is 0.0113. The van der Waals surface area contributed by atoms with Crippen LogP contribution in [0.3, 0.4) is 0 Å². The Morgan fingerprint density at radius 3 is 2.50 bits per heavy atom. The molecule has 5 heteroatoms. The van der Waals surface area contributed by atoms with Crippen LogP contribution in [0.5, 0.6) is 0 Å². The number of hydrogen-bond acceptors (Lipinski definition) is 2. The topological polar surface area (TPSA) is 58.0 Å². The maximum Gasteiger partial charge on any atom is 0.281 e. The van der Waals surface area contributed by atoms with E-state index in [1.165, 1.54) is 12.8 Å². The second-order valence-electron chi connectivity index (χ2n) is 5.56. The molecule has 2 atom stereocenters. The molecule has 0 spiro atoms. The SMILES string of the molecule is O=c1c(Br)c(C2CCCC2)[nH]n1C1CCCC1O. The molecule has 2 aliphatic carbocycles. The van der Waals surface area contributed by atoms with Crippen molar-refractivity contribution in [3.8, 4) is 0 Å². The highest BCUT2D eigenvalue weighted by atomic mass is 79.9.